The molecule has 0 aromatic carbocycles. The second kappa shape index (κ2) is 6.69. The summed E-state index contributed by atoms with van der Waals surface area (Å²) in [6, 6.07) is 0.0238. The molecule has 2 rings (SSSR count). The van der Waals surface area contributed by atoms with Crippen LogP contribution in [-0.4, -0.2) is 41.4 Å². The first-order valence-electron chi connectivity index (χ1n) is 6.25. The molecule has 2 N–H and O–H groups in total. The van der Waals surface area contributed by atoms with E-state index in [0.29, 0.717) is 19.5 Å². The molecule has 0 bridgehead atoms. The Bertz CT molecular complexity index is 501. The largest absolute Gasteiger partial charge is 0.339 e. The van der Waals surface area contributed by atoms with Gasteiger partial charge in [0.1, 0.15) is 0 Å². The third-order valence-corrected chi connectivity index (χ3v) is 5.16. The summed E-state index contributed by atoms with van der Waals surface area (Å²) in [6.45, 7) is 1.09. The highest BCUT2D eigenvalue weighted by Gasteiger charge is 2.34. The Balaban J connectivity index is 0.00000180. The predicted octanol–water partition coefficient (Wildman–Crippen LogP) is 0.734. The fourth-order valence-corrected chi connectivity index (χ4v) is 4.11. The number of imidazole rings is 1. The topological polar surface area (TPSA) is 81.2 Å². The number of aryl methyl sites for hydroxylation is 1. The highest BCUT2D eigenvalue weighted by molar-refractivity contribution is 7.89. The van der Waals surface area contributed by atoms with Gasteiger partial charge in [0.05, 0.1) is 6.33 Å². The highest BCUT2D eigenvalue weighted by atomic mass is 35.5. The smallest absolute Gasteiger partial charge is 0.262 e. The molecule has 1 aromatic rings. The van der Waals surface area contributed by atoms with Gasteiger partial charge in [0.15, 0.2) is 5.03 Å². The van der Waals surface area contributed by atoms with Crippen LogP contribution in [0.5, 0.6) is 0 Å². The summed E-state index contributed by atoms with van der Waals surface area (Å²) < 4.78 is 28.2. The monoisotopic (exact) mass is 308 g/mol. The summed E-state index contributed by atoms with van der Waals surface area (Å²) >= 11 is 0. The molecule has 0 spiro atoms. The molecule has 1 unspecified atom stereocenters. The minimum atomic E-state index is -3.47. The zero-order valence-electron chi connectivity index (χ0n) is 11.0. The molecule has 1 fully saturated rings. The molecule has 2 heterocycles. The lowest BCUT2D eigenvalue weighted by atomic mass is 10.0. The fourth-order valence-electron chi connectivity index (χ4n) is 2.41. The number of piperidine rings is 1. The van der Waals surface area contributed by atoms with Crippen molar-refractivity contribution >= 4 is 22.4 Å². The molecule has 1 aliphatic rings. The lowest BCUT2D eigenvalue weighted by molar-refractivity contribution is 0.242. The summed E-state index contributed by atoms with van der Waals surface area (Å²) in [7, 11) is -1.70. The number of aromatic nitrogens is 2. The second-order valence-electron chi connectivity index (χ2n) is 4.72. The summed E-state index contributed by atoms with van der Waals surface area (Å²) in [5, 5.41) is 0.133. The van der Waals surface area contributed by atoms with Crippen molar-refractivity contribution in [2.45, 2.75) is 36.8 Å². The van der Waals surface area contributed by atoms with Gasteiger partial charge in [-0.1, -0.05) is 6.42 Å². The molecule has 1 atom stereocenters. The number of nitrogens with two attached hydrogens (primary N) is 1. The Morgan fingerprint density at radius 1 is 1.47 bits per heavy atom. The van der Waals surface area contributed by atoms with Gasteiger partial charge in [0, 0.05) is 25.8 Å². The molecule has 6 nitrogen and oxygen atoms in total. The van der Waals surface area contributed by atoms with Crippen LogP contribution in [0.15, 0.2) is 17.6 Å². The first kappa shape index (κ1) is 16.4. The van der Waals surface area contributed by atoms with Gasteiger partial charge in [0.2, 0.25) is 0 Å². The van der Waals surface area contributed by atoms with Crippen molar-refractivity contribution in [1.82, 2.24) is 13.9 Å². The van der Waals surface area contributed by atoms with E-state index in [1.807, 2.05) is 0 Å². The van der Waals surface area contributed by atoms with Crippen LogP contribution in [0, 0.1) is 0 Å². The van der Waals surface area contributed by atoms with Crippen molar-refractivity contribution in [3.63, 3.8) is 0 Å². The fraction of sp³-hybridized carbons (Fsp3) is 0.727. The minimum absolute atomic E-state index is 0. The average Bonchev–Trinajstić information content (AvgIpc) is 2.78. The molecule has 1 aliphatic heterocycles. The molecule has 8 heteroatoms. The van der Waals surface area contributed by atoms with E-state index in [1.54, 1.807) is 22.1 Å². The molecule has 19 heavy (non-hydrogen) atoms. The van der Waals surface area contributed by atoms with Gasteiger partial charge < -0.3 is 10.3 Å². The molecule has 0 radical (unpaired) electrons. The van der Waals surface area contributed by atoms with Gasteiger partial charge in [-0.25, -0.2) is 13.4 Å². The zero-order chi connectivity index (χ0) is 13.2. The molecule has 0 aliphatic carbocycles. The summed E-state index contributed by atoms with van der Waals surface area (Å²) in [4.78, 5) is 3.96. The van der Waals surface area contributed by atoms with Crippen LogP contribution in [-0.2, 0) is 17.1 Å². The van der Waals surface area contributed by atoms with Gasteiger partial charge in [-0.05, 0) is 25.8 Å². The van der Waals surface area contributed by atoms with Gasteiger partial charge in [0.25, 0.3) is 10.0 Å². The standard InChI is InChI=1S/C11H20N4O2S.ClH/c1-14-8-11(13-9-14)18(16,17)15-7-3-2-4-10(15)5-6-12;/h8-10H,2-7,12H2,1H3;1H. The first-order chi connectivity index (χ1) is 8.55. The Kier molecular flexibility index (Phi) is 5.79. The van der Waals surface area contributed by atoms with Crippen molar-refractivity contribution in [2.24, 2.45) is 12.8 Å². The molecule has 1 saturated heterocycles. The maximum Gasteiger partial charge on any atom is 0.262 e. The van der Waals surface area contributed by atoms with Crippen LogP contribution in [0.4, 0.5) is 0 Å². The van der Waals surface area contributed by atoms with Gasteiger partial charge in [-0.3, -0.25) is 0 Å². The average molecular weight is 309 g/mol. The Morgan fingerprint density at radius 2 is 2.21 bits per heavy atom. The van der Waals surface area contributed by atoms with E-state index >= 15 is 0 Å². The SMILES string of the molecule is Cl.Cn1cnc(S(=O)(=O)N2CCCCC2CCN)c1. The quantitative estimate of drug-likeness (QED) is 0.889. The van der Waals surface area contributed by atoms with Crippen LogP contribution in [0.2, 0.25) is 0 Å². The Morgan fingerprint density at radius 3 is 2.79 bits per heavy atom. The van der Waals surface area contributed by atoms with Gasteiger partial charge in [-0.15, -0.1) is 12.4 Å². The van der Waals surface area contributed by atoms with Gasteiger partial charge >= 0.3 is 0 Å². The summed E-state index contributed by atoms with van der Waals surface area (Å²) in [5.74, 6) is 0. The van der Waals surface area contributed by atoms with E-state index in [0.717, 1.165) is 19.3 Å². The number of hydrogen-bond donors (Lipinski definition) is 1. The maximum atomic E-state index is 12.5. The van der Waals surface area contributed by atoms with Crippen molar-refractivity contribution in [2.75, 3.05) is 13.1 Å². The van der Waals surface area contributed by atoms with Crippen molar-refractivity contribution < 1.29 is 8.42 Å². The van der Waals surface area contributed by atoms with E-state index in [2.05, 4.69) is 4.98 Å². The van der Waals surface area contributed by atoms with Crippen molar-refractivity contribution in [3.05, 3.63) is 12.5 Å². The zero-order valence-corrected chi connectivity index (χ0v) is 12.7. The number of rotatable bonds is 4. The van der Waals surface area contributed by atoms with Crippen molar-refractivity contribution in [1.29, 1.82) is 0 Å². The van der Waals surface area contributed by atoms with E-state index in [4.69, 9.17) is 5.73 Å². The Labute approximate surface area is 120 Å². The number of sulfonamides is 1. The third kappa shape index (κ3) is 3.47. The molecule has 110 valence electrons. The Hall–Kier alpha value is -0.630. The maximum absolute atomic E-state index is 12.5. The van der Waals surface area contributed by atoms with E-state index in [-0.39, 0.29) is 23.5 Å². The minimum Gasteiger partial charge on any atom is -0.339 e. The van der Waals surface area contributed by atoms with Crippen molar-refractivity contribution in [3.8, 4) is 0 Å². The van der Waals surface area contributed by atoms with Crippen LogP contribution in [0.3, 0.4) is 0 Å². The molecular weight excluding hydrogens is 288 g/mol. The lowest BCUT2D eigenvalue weighted by Gasteiger charge is -2.33. The second-order valence-corrected chi connectivity index (χ2v) is 6.56. The molecular formula is C11H21ClN4O2S. The number of halogens is 1. The summed E-state index contributed by atoms with van der Waals surface area (Å²) in [6.07, 6.45) is 6.64. The first-order valence-corrected chi connectivity index (χ1v) is 7.69. The molecule has 0 amide bonds. The normalized spacial score (nSPS) is 21.1. The lowest BCUT2D eigenvalue weighted by Crippen LogP contribution is -2.44. The highest BCUT2D eigenvalue weighted by Crippen LogP contribution is 2.25. The van der Waals surface area contributed by atoms with E-state index in [9.17, 15) is 8.42 Å². The number of hydrogen-bond acceptors (Lipinski definition) is 4. The molecule has 0 saturated carbocycles. The van der Waals surface area contributed by atoms with Crippen LogP contribution < -0.4 is 5.73 Å². The van der Waals surface area contributed by atoms with Crippen LogP contribution in [0.25, 0.3) is 0 Å². The third-order valence-electron chi connectivity index (χ3n) is 3.33. The van der Waals surface area contributed by atoms with Crippen LogP contribution in [0.1, 0.15) is 25.7 Å². The summed E-state index contributed by atoms with van der Waals surface area (Å²) in [5.41, 5.74) is 5.57. The van der Waals surface area contributed by atoms with E-state index in [1.165, 1.54) is 6.33 Å². The van der Waals surface area contributed by atoms with Gasteiger partial charge in [-0.2, -0.15) is 4.31 Å². The molecule has 1 aromatic heterocycles. The number of nitrogens with zero attached hydrogens (tertiary/aromatic N) is 3. The predicted molar refractivity (Wildman–Crippen MR) is 75.7 cm³/mol. The van der Waals surface area contributed by atoms with Crippen LogP contribution >= 0.6 is 12.4 Å². The van der Waals surface area contributed by atoms with E-state index < -0.39 is 10.0 Å².